The third-order valence-electron chi connectivity index (χ3n) is 5.70. The van der Waals surface area contributed by atoms with Gasteiger partial charge in [0.25, 0.3) is 11.6 Å². The van der Waals surface area contributed by atoms with E-state index in [2.05, 4.69) is 20.8 Å². The number of hydrogen-bond acceptors (Lipinski definition) is 9. The summed E-state index contributed by atoms with van der Waals surface area (Å²) >= 11 is 7.22. The maximum Gasteiger partial charge on any atom is 0.271 e. The first-order chi connectivity index (χ1) is 18.2. The molecular weight excluding hydrogens is 536 g/mol. The third-order valence-corrected chi connectivity index (χ3v) is 6.99. The molecule has 3 aromatic rings. The second kappa shape index (κ2) is 11.7. The van der Waals surface area contributed by atoms with E-state index in [1.54, 1.807) is 18.2 Å². The van der Waals surface area contributed by atoms with Crippen LogP contribution in [0.1, 0.15) is 43.0 Å². The number of non-ortho nitro benzene ring substituents is 1. The molecule has 2 aromatic carbocycles. The van der Waals surface area contributed by atoms with Gasteiger partial charge in [-0.15, -0.1) is 10.2 Å². The first kappa shape index (κ1) is 27.2. The summed E-state index contributed by atoms with van der Waals surface area (Å²) in [5, 5.41) is 25.9. The number of nitro benzene ring substituents is 1. The molecule has 2 heterocycles. The van der Waals surface area contributed by atoms with Crippen molar-refractivity contribution in [2.45, 2.75) is 38.5 Å². The van der Waals surface area contributed by atoms with Crippen molar-refractivity contribution in [2.24, 2.45) is 5.92 Å². The highest BCUT2D eigenvalue weighted by atomic mass is 35.5. The Hall–Kier alpha value is -3.84. The minimum Gasteiger partial charge on any atom is -0.454 e. The van der Waals surface area contributed by atoms with Crippen LogP contribution in [0, 0.1) is 16.0 Å². The number of thioether (sulfide) groups is 1. The summed E-state index contributed by atoms with van der Waals surface area (Å²) in [6.45, 7) is 6.46. The summed E-state index contributed by atoms with van der Waals surface area (Å²) in [5.74, 6) is 0.898. The normalized spacial score (nSPS) is 12.9. The molecule has 200 valence electrons. The monoisotopic (exact) mass is 560 g/mol. The van der Waals surface area contributed by atoms with E-state index in [4.69, 9.17) is 21.1 Å². The van der Waals surface area contributed by atoms with Crippen molar-refractivity contribution in [2.75, 3.05) is 17.9 Å². The highest BCUT2D eigenvalue weighted by Gasteiger charge is 2.27. The molecule has 0 aliphatic carbocycles. The number of anilines is 1. The average molecular weight is 561 g/mol. The van der Waals surface area contributed by atoms with Crippen LogP contribution in [0.5, 0.6) is 11.5 Å². The molecule has 2 N–H and O–H groups in total. The second-order valence-electron chi connectivity index (χ2n) is 8.61. The molecule has 1 aliphatic rings. The number of ether oxygens (including phenoxy) is 2. The Morgan fingerprint density at radius 3 is 2.66 bits per heavy atom. The largest absolute Gasteiger partial charge is 0.454 e. The molecule has 0 saturated carbocycles. The summed E-state index contributed by atoms with van der Waals surface area (Å²) in [5.41, 5.74) is 0.388. The van der Waals surface area contributed by atoms with Gasteiger partial charge in [-0.05, 0) is 37.1 Å². The van der Waals surface area contributed by atoms with Crippen LogP contribution in [0.15, 0.2) is 41.6 Å². The van der Waals surface area contributed by atoms with Crippen LogP contribution in [0.4, 0.5) is 11.4 Å². The molecule has 0 radical (unpaired) electrons. The van der Waals surface area contributed by atoms with Crippen molar-refractivity contribution in [1.29, 1.82) is 0 Å². The highest BCUT2D eigenvalue weighted by Crippen LogP contribution is 2.33. The van der Waals surface area contributed by atoms with E-state index in [0.717, 1.165) is 11.8 Å². The molecule has 38 heavy (non-hydrogen) atoms. The summed E-state index contributed by atoms with van der Waals surface area (Å²) in [4.78, 5) is 36.1. The number of benzene rings is 2. The lowest BCUT2D eigenvalue weighted by atomic mass is 10.0. The van der Waals surface area contributed by atoms with Gasteiger partial charge in [0.1, 0.15) is 0 Å². The molecule has 4 rings (SSSR count). The Morgan fingerprint density at radius 2 is 1.95 bits per heavy atom. The molecule has 2 amide bonds. The lowest BCUT2D eigenvalue weighted by molar-refractivity contribution is -0.384. The van der Waals surface area contributed by atoms with Gasteiger partial charge in [-0.2, -0.15) is 0 Å². The number of nitro groups is 1. The average Bonchev–Trinajstić information content (AvgIpc) is 3.52. The van der Waals surface area contributed by atoms with Crippen LogP contribution in [0.3, 0.4) is 0 Å². The van der Waals surface area contributed by atoms with E-state index in [-0.39, 0.29) is 40.8 Å². The molecule has 1 atom stereocenters. The van der Waals surface area contributed by atoms with Gasteiger partial charge in [-0.1, -0.05) is 37.2 Å². The number of halogens is 1. The Morgan fingerprint density at radius 1 is 1.18 bits per heavy atom. The molecule has 1 unspecified atom stereocenters. The number of carbonyl (C=O) groups is 2. The number of fused-ring (bicyclic) bond motifs is 1. The van der Waals surface area contributed by atoms with Gasteiger partial charge in [0, 0.05) is 24.2 Å². The number of nitrogens with one attached hydrogen (secondary N) is 2. The fourth-order valence-electron chi connectivity index (χ4n) is 3.76. The number of rotatable bonds is 10. The van der Waals surface area contributed by atoms with Crippen molar-refractivity contribution in [3.63, 3.8) is 0 Å². The van der Waals surface area contributed by atoms with Gasteiger partial charge in [0.15, 0.2) is 22.5 Å². The first-order valence-corrected chi connectivity index (χ1v) is 13.0. The SMILES string of the molecule is CCn1c(SCC(=O)Nc2cc([N+](=O)[O-])ccc2Cl)nnc1C(NC(=O)c1ccc2c(c1)OCO2)C(C)C. The number of aromatic nitrogens is 3. The summed E-state index contributed by atoms with van der Waals surface area (Å²) in [7, 11) is 0. The molecule has 0 spiro atoms. The number of amides is 2. The maximum absolute atomic E-state index is 13.0. The molecule has 12 nitrogen and oxygen atoms in total. The minimum atomic E-state index is -0.567. The Balaban J connectivity index is 1.45. The Labute approximate surface area is 227 Å². The highest BCUT2D eigenvalue weighted by molar-refractivity contribution is 7.99. The standard InChI is InChI=1S/C24H25ClN6O6S/c1-4-30-22(21(13(2)3)27-23(33)14-5-8-18-19(9-14)37-12-36-18)28-29-24(30)38-11-20(32)26-17-10-15(31(34)35)6-7-16(17)25/h5-10,13,21H,4,11-12H2,1-3H3,(H,26,32)(H,27,33). The fraction of sp³-hybridized carbons (Fsp3) is 0.333. The summed E-state index contributed by atoms with van der Waals surface area (Å²) in [6, 6.07) is 8.35. The Kier molecular flexibility index (Phi) is 8.37. The number of hydrogen-bond donors (Lipinski definition) is 2. The quantitative estimate of drug-likeness (QED) is 0.208. The van der Waals surface area contributed by atoms with Gasteiger partial charge in [-0.25, -0.2) is 0 Å². The van der Waals surface area contributed by atoms with Gasteiger partial charge in [0.2, 0.25) is 12.7 Å². The minimum absolute atomic E-state index is 0.0142. The molecule has 1 aromatic heterocycles. The first-order valence-electron chi connectivity index (χ1n) is 11.7. The van der Waals surface area contributed by atoms with E-state index in [9.17, 15) is 19.7 Å². The van der Waals surface area contributed by atoms with Gasteiger partial charge >= 0.3 is 0 Å². The predicted molar refractivity (Wildman–Crippen MR) is 141 cm³/mol. The van der Waals surface area contributed by atoms with Crippen molar-refractivity contribution in [3.8, 4) is 11.5 Å². The van der Waals surface area contributed by atoms with Gasteiger partial charge in [0.05, 0.1) is 27.4 Å². The summed E-state index contributed by atoms with van der Waals surface area (Å²) in [6.07, 6.45) is 0. The molecule has 14 heteroatoms. The van der Waals surface area contributed by atoms with Crippen LogP contribution in [-0.4, -0.2) is 44.0 Å². The van der Waals surface area contributed by atoms with E-state index >= 15 is 0 Å². The summed E-state index contributed by atoms with van der Waals surface area (Å²) < 4.78 is 12.5. The van der Waals surface area contributed by atoms with Crippen molar-refractivity contribution in [3.05, 3.63) is 62.9 Å². The molecule has 0 fully saturated rings. The smallest absolute Gasteiger partial charge is 0.271 e. The number of nitrogens with zero attached hydrogens (tertiary/aromatic N) is 4. The Bertz CT molecular complexity index is 1380. The lowest BCUT2D eigenvalue weighted by Gasteiger charge is -2.22. The van der Waals surface area contributed by atoms with Gasteiger partial charge < -0.3 is 24.7 Å². The van der Waals surface area contributed by atoms with Crippen LogP contribution < -0.4 is 20.1 Å². The van der Waals surface area contributed by atoms with Crippen LogP contribution >= 0.6 is 23.4 Å². The van der Waals surface area contributed by atoms with Crippen molar-refractivity contribution < 1.29 is 24.0 Å². The van der Waals surface area contributed by atoms with Crippen LogP contribution in [-0.2, 0) is 11.3 Å². The van der Waals surface area contributed by atoms with E-state index in [0.29, 0.717) is 34.6 Å². The van der Waals surface area contributed by atoms with Crippen molar-refractivity contribution in [1.82, 2.24) is 20.1 Å². The molecule has 1 aliphatic heterocycles. The number of carbonyl (C=O) groups excluding carboxylic acids is 2. The van der Waals surface area contributed by atoms with Crippen LogP contribution in [0.25, 0.3) is 0 Å². The second-order valence-corrected chi connectivity index (χ2v) is 9.96. The zero-order chi connectivity index (χ0) is 27.4. The lowest BCUT2D eigenvalue weighted by Crippen LogP contribution is -2.33. The molecular formula is C24H25ClN6O6S. The van der Waals surface area contributed by atoms with Crippen LogP contribution in [0.2, 0.25) is 5.02 Å². The maximum atomic E-state index is 13.0. The predicted octanol–water partition coefficient (Wildman–Crippen LogP) is 4.45. The molecule has 0 saturated heterocycles. The zero-order valence-corrected chi connectivity index (χ0v) is 22.3. The fourth-order valence-corrected chi connectivity index (χ4v) is 4.74. The van der Waals surface area contributed by atoms with E-state index < -0.39 is 16.9 Å². The molecule has 0 bridgehead atoms. The van der Waals surface area contributed by atoms with Crippen molar-refractivity contribution >= 4 is 46.6 Å². The van der Waals surface area contributed by atoms with E-state index in [1.165, 1.54) is 18.2 Å². The van der Waals surface area contributed by atoms with E-state index in [1.807, 2.05) is 25.3 Å². The zero-order valence-electron chi connectivity index (χ0n) is 20.8. The third kappa shape index (κ3) is 6.00. The van der Waals surface area contributed by atoms with Gasteiger partial charge in [-0.3, -0.25) is 19.7 Å². The topological polar surface area (TPSA) is 151 Å².